The third-order valence-corrected chi connectivity index (χ3v) is 4.48. The van der Waals surface area contributed by atoms with Crippen molar-refractivity contribution in [3.63, 3.8) is 0 Å². The van der Waals surface area contributed by atoms with Crippen LogP contribution in [-0.2, 0) is 16.1 Å². The maximum atomic E-state index is 12.5. The molecule has 0 aromatic heterocycles. The van der Waals surface area contributed by atoms with Gasteiger partial charge < -0.3 is 14.7 Å². The number of carbonyl (C=O) groups excluding carboxylic acids is 1. The van der Waals surface area contributed by atoms with Crippen LogP contribution in [0, 0.1) is 5.92 Å². The van der Waals surface area contributed by atoms with E-state index in [0.717, 1.165) is 16.9 Å². The predicted octanol–water partition coefficient (Wildman–Crippen LogP) is 3.26. The Morgan fingerprint density at radius 1 is 1.16 bits per heavy atom. The number of likely N-dealkylation sites (tertiary alicyclic amines) is 1. The number of carbonyl (C=O) groups is 2. The lowest BCUT2D eigenvalue weighted by atomic mass is 9.93. The van der Waals surface area contributed by atoms with Gasteiger partial charge in [0.15, 0.2) is 0 Å². The molecule has 2 atom stereocenters. The van der Waals surface area contributed by atoms with Crippen LogP contribution in [0.2, 0.25) is 0 Å². The van der Waals surface area contributed by atoms with Gasteiger partial charge in [-0.15, -0.1) is 0 Å². The minimum atomic E-state index is -0.942. The Kier molecular flexibility index (Phi) is 5.03. The summed E-state index contributed by atoms with van der Waals surface area (Å²) in [4.78, 5) is 25.8. The van der Waals surface area contributed by atoms with Crippen molar-refractivity contribution >= 4 is 11.9 Å². The minimum absolute atomic E-state index is 0.0278. The van der Waals surface area contributed by atoms with Gasteiger partial charge in [-0.3, -0.25) is 9.59 Å². The van der Waals surface area contributed by atoms with Gasteiger partial charge in [0.05, 0.1) is 18.6 Å². The number of hydrogen-bond acceptors (Lipinski definition) is 3. The Morgan fingerprint density at radius 3 is 2.44 bits per heavy atom. The Labute approximate surface area is 146 Å². The second-order valence-corrected chi connectivity index (χ2v) is 6.10. The van der Waals surface area contributed by atoms with Crippen molar-refractivity contribution in [3.8, 4) is 5.75 Å². The van der Waals surface area contributed by atoms with Crippen LogP contribution in [0.5, 0.6) is 5.75 Å². The van der Waals surface area contributed by atoms with Crippen LogP contribution in [-0.4, -0.2) is 28.5 Å². The molecule has 1 fully saturated rings. The lowest BCUT2D eigenvalue weighted by Gasteiger charge is -2.27. The van der Waals surface area contributed by atoms with E-state index in [1.54, 1.807) is 4.90 Å². The van der Waals surface area contributed by atoms with Crippen LogP contribution < -0.4 is 4.74 Å². The fraction of sp³-hybridized carbons (Fsp3) is 0.300. The number of amides is 1. The minimum Gasteiger partial charge on any atom is -0.494 e. The van der Waals surface area contributed by atoms with Crippen molar-refractivity contribution in [1.82, 2.24) is 4.90 Å². The van der Waals surface area contributed by atoms with Gasteiger partial charge >= 0.3 is 5.97 Å². The zero-order chi connectivity index (χ0) is 17.8. The van der Waals surface area contributed by atoms with Gasteiger partial charge in [0.25, 0.3) is 0 Å². The number of carboxylic acid groups (broad SMARTS) is 1. The summed E-state index contributed by atoms with van der Waals surface area (Å²) in [6.45, 7) is 2.88. The highest BCUT2D eigenvalue weighted by molar-refractivity contribution is 5.87. The van der Waals surface area contributed by atoms with Crippen molar-refractivity contribution in [2.45, 2.75) is 25.9 Å². The number of aliphatic carboxylic acids is 1. The molecule has 1 heterocycles. The molecule has 2 unspecified atom stereocenters. The smallest absolute Gasteiger partial charge is 0.309 e. The van der Waals surface area contributed by atoms with Gasteiger partial charge in [0.1, 0.15) is 5.75 Å². The molecular formula is C20H21NO4. The Morgan fingerprint density at radius 2 is 1.84 bits per heavy atom. The highest BCUT2D eigenvalue weighted by Gasteiger charge is 2.44. The molecule has 0 saturated carbocycles. The van der Waals surface area contributed by atoms with E-state index in [-0.39, 0.29) is 12.3 Å². The predicted molar refractivity (Wildman–Crippen MR) is 93.1 cm³/mol. The summed E-state index contributed by atoms with van der Waals surface area (Å²) >= 11 is 0. The van der Waals surface area contributed by atoms with Crippen LogP contribution in [0.1, 0.15) is 30.5 Å². The standard InChI is InChI=1S/C20H21NO4/c1-2-25-16-10-8-15(9-11-16)19-17(20(23)24)12-18(22)21(19)13-14-6-4-3-5-7-14/h3-11,17,19H,2,12-13H2,1H3,(H,23,24). The molecule has 130 valence electrons. The second kappa shape index (κ2) is 7.38. The lowest BCUT2D eigenvalue weighted by Crippen LogP contribution is -2.30. The maximum absolute atomic E-state index is 12.5. The molecule has 2 aromatic rings. The van der Waals surface area contributed by atoms with Crippen molar-refractivity contribution in [2.24, 2.45) is 5.92 Å². The van der Waals surface area contributed by atoms with Gasteiger partial charge in [-0.25, -0.2) is 0 Å². The van der Waals surface area contributed by atoms with Gasteiger partial charge in [0.2, 0.25) is 5.91 Å². The van der Waals surface area contributed by atoms with Crippen LogP contribution >= 0.6 is 0 Å². The summed E-state index contributed by atoms with van der Waals surface area (Å²) < 4.78 is 5.44. The molecule has 1 amide bonds. The zero-order valence-electron chi connectivity index (χ0n) is 14.1. The van der Waals surface area contributed by atoms with E-state index in [0.29, 0.717) is 13.2 Å². The van der Waals surface area contributed by atoms with E-state index in [1.165, 1.54) is 0 Å². The van der Waals surface area contributed by atoms with Gasteiger partial charge in [0, 0.05) is 13.0 Å². The first-order valence-corrected chi connectivity index (χ1v) is 8.39. The summed E-state index contributed by atoms with van der Waals surface area (Å²) in [5.74, 6) is -1.08. The molecule has 1 N–H and O–H groups in total. The molecule has 5 heteroatoms. The summed E-state index contributed by atoms with van der Waals surface area (Å²) in [7, 11) is 0. The van der Waals surface area contributed by atoms with Crippen LogP contribution in [0.25, 0.3) is 0 Å². The Balaban J connectivity index is 1.91. The first-order chi connectivity index (χ1) is 12.1. The lowest BCUT2D eigenvalue weighted by molar-refractivity contribution is -0.142. The zero-order valence-corrected chi connectivity index (χ0v) is 14.1. The van der Waals surface area contributed by atoms with Crippen LogP contribution in [0.4, 0.5) is 0 Å². The maximum Gasteiger partial charge on any atom is 0.309 e. The first-order valence-electron chi connectivity index (χ1n) is 8.39. The van der Waals surface area contributed by atoms with E-state index < -0.39 is 17.9 Å². The van der Waals surface area contributed by atoms with Crippen LogP contribution in [0.15, 0.2) is 54.6 Å². The molecule has 2 aromatic carbocycles. The highest BCUT2D eigenvalue weighted by atomic mass is 16.5. The molecule has 0 radical (unpaired) electrons. The van der Waals surface area contributed by atoms with Crippen molar-refractivity contribution in [1.29, 1.82) is 0 Å². The number of ether oxygens (including phenoxy) is 1. The number of carboxylic acids is 1. The molecule has 1 saturated heterocycles. The molecular weight excluding hydrogens is 318 g/mol. The number of rotatable bonds is 6. The summed E-state index contributed by atoms with van der Waals surface area (Å²) in [6.07, 6.45) is 0.0278. The van der Waals surface area contributed by atoms with Gasteiger partial charge in [-0.05, 0) is 30.2 Å². The molecule has 3 rings (SSSR count). The molecule has 25 heavy (non-hydrogen) atoms. The molecule has 0 aliphatic carbocycles. The molecule has 5 nitrogen and oxygen atoms in total. The normalized spacial score (nSPS) is 19.9. The van der Waals surface area contributed by atoms with Crippen molar-refractivity contribution in [3.05, 3.63) is 65.7 Å². The van der Waals surface area contributed by atoms with E-state index >= 15 is 0 Å². The van der Waals surface area contributed by atoms with Gasteiger partial charge in [-0.1, -0.05) is 42.5 Å². The van der Waals surface area contributed by atoms with Crippen molar-refractivity contribution in [2.75, 3.05) is 6.61 Å². The monoisotopic (exact) mass is 339 g/mol. The third-order valence-electron chi connectivity index (χ3n) is 4.48. The Bertz CT molecular complexity index is 742. The fourth-order valence-corrected chi connectivity index (χ4v) is 3.32. The van der Waals surface area contributed by atoms with Gasteiger partial charge in [-0.2, -0.15) is 0 Å². The van der Waals surface area contributed by atoms with E-state index in [2.05, 4.69) is 0 Å². The van der Waals surface area contributed by atoms with Crippen molar-refractivity contribution < 1.29 is 19.4 Å². The number of benzene rings is 2. The average Bonchev–Trinajstić information content (AvgIpc) is 2.94. The Hall–Kier alpha value is -2.82. The average molecular weight is 339 g/mol. The SMILES string of the molecule is CCOc1ccc(C2C(C(=O)O)CC(=O)N2Cc2ccccc2)cc1. The fourth-order valence-electron chi connectivity index (χ4n) is 3.32. The van der Waals surface area contributed by atoms with Crippen LogP contribution in [0.3, 0.4) is 0 Å². The summed E-state index contributed by atoms with van der Waals surface area (Å²) in [6, 6.07) is 16.5. The first kappa shape index (κ1) is 17.0. The topological polar surface area (TPSA) is 66.8 Å². The highest BCUT2D eigenvalue weighted by Crippen LogP contribution is 2.39. The number of hydrogen-bond donors (Lipinski definition) is 1. The van der Waals surface area contributed by atoms with E-state index in [9.17, 15) is 14.7 Å². The summed E-state index contributed by atoms with van der Waals surface area (Å²) in [5.41, 5.74) is 1.80. The number of nitrogens with zero attached hydrogens (tertiary/aromatic N) is 1. The third kappa shape index (κ3) is 3.65. The van der Waals surface area contributed by atoms with E-state index in [1.807, 2.05) is 61.5 Å². The largest absolute Gasteiger partial charge is 0.494 e. The second-order valence-electron chi connectivity index (χ2n) is 6.10. The molecule has 1 aliphatic rings. The molecule has 0 bridgehead atoms. The molecule has 1 aliphatic heterocycles. The molecule has 0 spiro atoms. The van der Waals surface area contributed by atoms with E-state index in [4.69, 9.17) is 4.74 Å². The quantitative estimate of drug-likeness (QED) is 0.877. The summed E-state index contributed by atoms with van der Waals surface area (Å²) in [5, 5.41) is 9.58.